The van der Waals surface area contributed by atoms with E-state index in [1.54, 1.807) is 24.3 Å². The average molecular weight is 448 g/mol. The molecular formula is C20H19ClFN5O2S. The third kappa shape index (κ3) is 3.54. The van der Waals surface area contributed by atoms with Gasteiger partial charge in [-0.3, -0.25) is 4.68 Å². The molecule has 0 saturated carbocycles. The van der Waals surface area contributed by atoms with Gasteiger partial charge in [0, 0.05) is 28.9 Å². The number of sulfonamides is 1. The fraction of sp³-hybridized carbons (Fsp3) is 0.200. The van der Waals surface area contributed by atoms with Crippen LogP contribution in [0.4, 0.5) is 15.9 Å². The molecular weight excluding hydrogens is 429 g/mol. The number of aryl methyl sites for hydroxylation is 1. The minimum Gasteiger partial charge on any atom is -0.323 e. The first-order chi connectivity index (χ1) is 14.2. The Hall–Kier alpha value is -2.91. The van der Waals surface area contributed by atoms with Crippen molar-refractivity contribution in [2.24, 2.45) is 4.40 Å². The molecule has 0 fully saturated rings. The first kappa shape index (κ1) is 20.4. The number of rotatable bonds is 3. The molecule has 0 amide bonds. The van der Waals surface area contributed by atoms with Gasteiger partial charge in [-0.05, 0) is 32.9 Å². The van der Waals surface area contributed by atoms with Crippen molar-refractivity contribution in [1.29, 1.82) is 0 Å². The maximum atomic E-state index is 14.0. The molecule has 0 aliphatic carbocycles. The number of halogens is 2. The highest BCUT2D eigenvalue weighted by atomic mass is 35.5. The Kier molecular flexibility index (Phi) is 5.03. The van der Waals surface area contributed by atoms with Crippen molar-refractivity contribution in [3.05, 3.63) is 59.0 Å². The first-order valence-electron chi connectivity index (χ1n) is 9.20. The second kappa shape index (κ2) is 7.41. The Bertz CT molecular complexity index is 1280. The van der Waals surface area contributed by atoms with Crippen LogP contribution in [0.25, 0.3) is 11.1 Å². The van der Waals surface area contributed by atoms with Crippen LogP contribution in [0.2, 0.25) is 5.02 Å². The highest BCUT2D eigenvalue weighted by Gasteiger charge is 2.28. The van der Waals surface area contributed by atoms with Crippen LogP contribution in [-0.4, -0.2) is 24.2 Å². The summed E-state index contributed by atoms with van der Waals surface area (Å²) in [5.41, 5.74) is 2.00. The monoisotopic (exact) mass is 447 g/mol. The number of hydrogen-bond acceptors (Lipinski definition) is 5. The van der Waals surface area contributed by atoms with Crippen LogP contribution in [0.3, 0.4) is 0 Å². The van der Waals surface area contributed by atoms with Gasteiger partial charge in [0.2, 0.25) is 5.96 Å². The van der Waals surface area contributed by atoms with Gasteiger partial charge in [-0.15, -0.1) is 4.40 Å². The van der Waals surface area contributed by atoms with Crippen LogP contribution in [0, 0.1) is 12.7 Å². The molecule has 3 aromatic rings. The maximum Gasteiger partial charge on any atom is 0.287 e. The third-order valence-electron chi connectivity index (χ3n) is 4.66. The van der Waals surface area contributed by atoms with Gasteiger partial charge in [-0.1, -0.05) is 35.9 Å². The smallest absolute Gasteiger partial charge is 0.287 e. The van der Waals surface area contributed by atoms with Crippen LogP contribution < -0.4 is 10.6 Å². The number of hydrogen-bond donors (Lipinski definition) is 2. The predicted octanol–water partition coefficient (Wildman–Crippen LogP) is 4.81. The highest BCUT2D eigenvalue weighted by molar-refractivity contribution is 7.90. The minimum atomic E-state index is -3.99. The number of fused-ring (bicyclic) bond motifs is 1. The van der Waals surface area contributed by atoms with E-state index in [4.69, 9.17) is 11.6 Å². The summed E-state index contributed by atoms with van der Waals surface area (Å²) in [5, 5.41) is 10.3. The zero-order valence-corrected chi connectivity index (χ0v) is 18.0. The van der Waals surface area contributed by atoms with Crippen LogP contribution in [0.1, 0.15) is 25.6 Å². The average Bonchev–Trinajstić information content (AvgIpc) is 3.04. The lowest BCUT2D eigenvalue weighted by Crippen LogP contribution is -2.28. The van der Waals surface area contributed by atoms with Crippen molar-refractivity contribution in [2.45, 2.75) is 31.7 Å². The van der Waals surface area contributed by atoms with E-state index in [0.29, 0.717) is 16.9 Å². The van der Waals surface area contributed by atoms with Crippen LogP contribution in [0.15, 0.2) is 51.8 Å². The summed E-state index contributed by atoms with van der Waals surface area (Å²) < 4.78 is 45.2. The molecule has 7 nitrogen and oxygen atoms in total. The normalized spacial score (nSPS) is 14.8. The topological polar surface area (TPSA) is 88.4 Å². The largest absolute Gasteiger partial charge is 0.323 e. The molecule has 156 valence electrons. The lowest BCUT2D eigenvalue weighted by Gasteiger charge is -2.21. The van der Waals surface area contributed by atoms with Crippen molar-refractivity contribution < 1.29 is 12.8 Å². The second-order valence-corrected chi connectivity index (χ2v) is 9.10. The second-order valence-electron chi connectivity index (χ2n) is 7.15. The summed E-state index contributed by atoms with van der Waals surface area (Å²) in [6.45, 7) is 5.90. The Labute approximate surface area is 178 Å². The van der Waals surface area contributed by atoms with Crippen molar-refractivity contribution in [3.63, 3.8) is 0 Å². The quantitative estimate of drug-likeness (QED) is 0.601. The highest BCUT2D eigenvalue weighted by Crippen LogP contribution is 2.40. The van der Waals surface area contributed by atoms with Gasteiger partial charge in [0.05, 0.1) is 10.7 Å². The fourth-order valence-electron chi connectivity index (χ4n) is 3.37. The Morgan fingerprint density at radius 1 is 1.17 bits per heavy atom. The number of nitrogens with one attached hydrogen (secondary N) is 2. The van der Waals surface area contributed by atoms with E-state index in [-0.39, 0.29) is 27.6 Å². The van der Waals surface area contributed by atoms with Gasteiger partial charge >= 0.3 is 0 Å². The van der Waals surface area contributed by atoms with Gasteiger partial charge in [-0.2, -0.15) is 13.5 Å². The van der Waals surface area contributed by atoms with Gasteiger partial charge in [0.1, 0.15) is 10.7 Å². The molecule has 2 aromatic carbocycles. The van der Waals surface area contributed by atoms with E-state index in [9.17, 15) is 12.8 Å². The number of guanidine groups is 1. The maximum absolute atomic E-state index is 14.0. The van der Waals surface area contributed by atoms with Crippen molar-refractivity contribution >= 4 is 39.1 Å². The summed E-state index contributed by atoms with van der Waals surface area (Å²) in [4.78, 5) is -0.0187. The van der Waals surface area contributed by atoms with Crippen LogP contribution in [0.5, 0.6) is 0 Å². The van der Waals surface area contributed by atoms with Gasteiger partial charge in [0.25, 0.3) is 10.0 Å². The van der Waals surface area contributed by atoms with Gasteiger partial charge in [-0.25, -0.2) is 4.39 Å². The van der Waals surface area contributed by atoms with Gasteiger partial charge in [0.15, 0.2) is 5.82 Å². The van der Waals surface area contributed by atoms with Crippen molar-refractivity contribution in [2.75, 3.05) is 10.6 Å². The van der Waals surface area contributed by atoms with E-state index in [1.165, 1.54) is 18.2 Å². The predicted molar refractivity (Wildman–Crippen MR) is 116 cm³/mol. The van der Waals surface area contributed by atoms with Crippen LogP contribution in [-0.2, 0) is 10.0 Å². The molecule has 4 rings (SSSR count). The van der Waals surface area contributed by atoms with E-state index in [0.717, 1.165) is 5.69 Å². The van der Waals surface area contributed by atoms with Gasteiger partial charge < -0.3 is 10.6 Å². The van der Waals surface area contributed by atoms with Crippen LogP contribution >= 0.6 is 11.6 Å². The molecule has 0 saturated heterocycles. The summed E-state index contributed by atoms with van der Waals surface area (Å²) in [7, 11) is -3.99. The molecule has 30 heavy (non-hydrogen) atoms. The Balaban J connectivity index is 1.78. The summed E-state index contributed by atoms with van der Waals surface area (Å²) in [6, 6.07) is 11.0. The zero-order chi connectivity index (χ0) is 21.6. The fourth-order valence-corrected chi connectivity index (χ4v) is 4.70. The van der Waals surface area contributed by atoms with E-state index >= 15 is 0 Å². The lowest BCUT2D eigenvalue weighted by atomic mass is 10.0. The molecule has 2 N–H and O–H groups in total. The molecule has 0 bridgehead atoms. The molecule has 0 unspecified atom stereocenters. The standard InChI is InChI=1S/C20H19ClFN5O2S/c1-11(2)27-12(3)10-17(25-27)23-20-24-19-14(13-6-4-8-15(22)18(13)21)7-5-9-16(19)30(28,29)26-20/h4-11H,1-3H3,(H2,23,24,25,26). The molecule has 10 heteroatoms. The SMILES string of the molecule is Cc1cc(NC2=NS(=O)(=O)c3cccc(-c4cccc(F)c4Cl)c3N2)nn1C(C)C. The van der Waals surface area contributed by atoms with E-state index in [1.807, 2.05) is 25.5 Å². The molecule has 1 aliphatic rings. The summed E-state index contributed by atoms with van der Waals surface area (Å²) in [5.74, 6) is -0.143. The lowest BCUT2D eigenvalue weighted by molar-refractivity contribution is 0.521. The van der Waals surface area contributed by atoms with Crippen molar-refractivity contribution in [3.8, 4) is 11.1 Å². The molecule has 0 radical (unpaired) electrons. The first-order valence-corrected chi connectivity index (χ1v) is 11.0. The van der Waals surface area contributed by atoms with E-state index in [2.05, 4.69) is 20.1 Å². The summed E-state index contributed by atoms with van der Waals surface area (Å²) in [6.07, 6.45) is 0. The number of anilines is 2. The van der Waals surface area contributed by atoms with E-state index < -0.39 is 15.8 Å². The Morgan fingerprint density at radius 3 is 2.57 bits per heavy atom. The molecule has 0 atom stereocenters. The zero-order valence-electron chi connectivity index (χ0n) is 16.4. The number of nitrogens with zero attached hydrogens (tertiary/aromatic N) is 3. The molecule has 0 spiro atoms. The number of benzene rings is 2. The van der Waals surface area contributed by atoms with Crippen molar-refractivity contribution in [1.82, 2.24) is 9.78 Å². The Morgan fingerprint density at radius 2 is 1.87 bits per heavy atom. The number of para-hydroxylation sites is 1. The molecule has 1 aliphatic heterocycles. The molecule has 1 aromatic heterocycles. The number of aromatic nitrogens is 2. The summed E-state index contributed by atoms with van der Waals surface area (Å²) >= 11 is 6.15. The molecule has 2 heterocycles. The third-order valence-corrected chi connectivity index (χ3v) is 6.36. The minimum absolute atomic E-state index is 0.00381.